The lowest BCUT2D eigenvalue weighted by atomic mass is 10.1. The number of rotatable bonds is 2. The molecule has 0 bridgehead atoms. The second-order valence-electron chi connectivity index (χ2n) is 5.32. The van der Waals surface area contributed by atoms with Crippen LogP contribution in [-0.4, -0.2) is 27.5 Å². The topological polar surface area (TPSA) is 44.1 Å². The number of carbonyl (C=O) groups is 1. The Bertz CT molecular complexity index is 858. The summed E-state index contributed by atoms with van der Waals surface area (Å²) in [5.41, 5.74) is 0.993. The molecule has 0 saturated carbocycles. The molecule has 1 fully saturated rings. The van der Waals surface area contributed by atoms with Crippen LogP contribution in [-0.2, 0) is 9.53 Å². The lowest BCUT2D eigenvalue weighted by molar-refractivity contribution is -0.137. The quantitative estimate of drug-likeness (QED) is 0.538. The number of esters is 1. The number of ether oxygens (including phenoxy) is 1. The van der Waals surface area contributed by atoms with Crippen LogP contribution in [0, 0.1) is 0 Å². The van der Waals surface area contributed by atoms with Crippen molar-refractivity contribution in [3.63, 3.8) is 0 Å². The zero-order chi connectivity index (χ0) is 15.1. The van der Waals surface area contributed by atoms with Crippen LogP contribution >= 0.6 is 11.6 Å². The van der Waals surface area contributed by atoms with E-state index in [1.807, 2.05) is 29.0 Å². The number of nitrogens with zero attached hydrogens (tertiary/aromatic N) is 2. The van der Waals surface area contributed by atoms with Crippen molar-refractivity contribution in [3.05, 3.63) is 54.9 Å². The first-order valence-corrected chi connectivity index (χ1v) is 7.50. The minimum Gasteiger partial charge on any atom is -0.462 e. The summed E-state index contributed by atoms with van der Waals surface area (Å²) in [6.07, 6.45) is 3.56. The molecule has 4 nitrogen and oxygen atoms in total. The molecule has 0 spiro atoms. The van der Waals surface area contributed by atoms with Crippen LogP contribution < -0.4 is 0 Å². The zero-order valence-corrected chi connectivity index (χ0v) is 12.4. The second kappa shape index (κ2) is 5.14. The lowest BCUT2D eigenvalue weighted by Crippen LogP contribution is -2.20. The van der Waals surface area contributed by atoms with E-state index in [4.69, 9.17) is 16.3 Å². The number of fused-ring (bicyclic) bond motifs is 1. The Kier molecular flexibility index (Phi) is 3.12. The summed E-state index contributed by atoms with van der Waals surface area (Å²) in [6.45, 7) is 0.282. The van der Waals surface area contributed by atoms with E-state index in [1.54, 1.807) is 6.20 Å². The summed E-state index contributed by atoms with van der Waals surface area (Å²) in [7, 11) is 0. The molecule has 22 heavy (non-hydrogen) atoms. The Balaban J connectivity index is 1.79. The van der Waals surface area contributed by atoms with Gasteiger partial charge < -0.3 is 9.30 Å². The van der Waals surface area contributed by atoms with Gasteiger partial charge in [-0.2, -0.15) is 0 Å². The number of halogens is 1. The predicted octanol–water partition coefficient (Wildman–Crippen LogP) is 3.41. The van der Waals surface area contributed by atoms with Crippen molar-refractivity contribution in [1.29, 1.82) is 0 Å². The molecule has 1 saturated heterocycles. The highest BCUT2D eigenvalue weighted by Gasteiger charge is 2.37. The van der Waals surface area contributed by atoms with Gasteiger partial charge in [-0.05, 0) is 16.8 Å². The van der Waals surface area contributed by atoms with Gasteiger partial charge in [-0.1, -0.05) is 36.4 Å². The Morgan fingerprint density at radius 3 is 2.77 bits per heavy atom. The molecule has 2 aromatic carbocycles. The van der Waals surface area contributed by atoms with E-state index < -0.39 is 5.38 Å². The van der Waals surface area contributed by atoms with Gasteiger partial charge in [-0.25, -0.2) is 4.98 Å². The predicted molar refractivity (Wildman–Crippen MR) is 84.8 cm³/mol. The number of aromatic nitrogens is 2. The number of imidazole rings is 1. The number of hydrogen-bond acceptors (Lipinski definition) is 3. The number of cyclic esters (lactones) is 1. The highest BCUT2D eigenvalue weighted by molar-refractivity contribution is 6.30. The lowest BCUT2D eigenvalue weighted by Gasteiger charge is -2.15. The van der Waals surface area contributed by atoms with Crippen LogP contribution in [0.4, 0.5) is 0 Å². The van der Waals surface area contributed by atoms with Gasteiger partial charge >= 0.3 is 5.97 Å². The number of alkyl halides is 1. The maximum absolute atomic E-state index is 11.5. The first kappa shape index (κ1) is 13.3. The van der Waals surface area contributed by atoms with Crippen molar-refractivity contribution in [3.8, 4) is 11.4 Å². The van der Waals surface area contributed by atoms with Crippen LogP contribution in [0.1, 0.15) is 6.04 Å². The van der Waals surface area contributed by atoms with Crippen LogP contribution in [0.3, 0.4) is 0 Å². The van der Waals surface area contributed by atoms with Crippen LogP contribution in [0.2, 0.25) is 0 Å². The molecule has 0 N–H and O–H groups in total. The van der Waals surface area contributed by atoms with Crippen molar-refractivity contribution in [2.75, 3.05) is 6.61 Å². The van der Waals surface area contributed by atoms with E-state index in [0.717, 1.165) is 16.8 Å². The van der Waals surface area contributed by atoms with Crippen molar-refractivity contribution < 1.29 is 9.53 Å². The van der Waals surface area contributed by atoms with Gasteiger partial charge in [0, 0.05) is 18.0 Å². The molecular weight excluding hydrogens is 300 g/mol. The molecule has 1 aliphatic heterocycles. The standard InChI is InChI=1S/C17H13ClN2O2/c18-15-14(10-22-17(15)21)20-8-7-19-16(20)13-6-5-11-3-1-2-4-12(11)9-13/h1-9,14-15H,10H2. The SMILES string of the molecule is O=C1OCC(n2ccnc2-c2ccc3ccccc3c2)C1Cl. The molecule has 4 rings (SSSR count). The molecule has 3 aromatic rings. The fourth-order valence-electron chi connectivity index (χ4n) is 2.84. The van der Waals surface area contributed by atoms with E-state index in [-0.39, 0.29) is 18.6 Å². The number of benzene rings is 2. The molecule has 0 radical (unpaired) electrons. The molecule has 0 aliphatic carbocycles. The van der Waals surface area contributed by atoms with Crippen LogP contribution in [0.15, 0.2) is 54.9 Å². The maximum atomic E-state index is 11.5. The number of hydrogen-bond donors (Lipinski definition) is 0. The molecule has 2 unspecified atom stereocenters. The van der Waals surface area contributed by atoms with Crippen LogP contribution in [0.25, 0.3) is 22.2 Å². The van der Waals surface area contributed by atoms with Crippen molar-refractivity contribution in [2.45, 2.75) is 11.4 Å². The average molecular weight is 313 g/mol. The minimum absolute atomic E-state index is 0.224. The Morgan fingerprint density at radius 2 is 2.00 bits per heavy atom. The molecule has 2 heterocycles. The van der Waals surface area contributed by atoms with E-state index in [9.17, 15) is 4.79 Å². The van der Waals surface area contributed by atoms with Gasteiger partial charge in [-0.15, -0.1) is 11.6 Å². The van der Waals surface area contributed by atoms with Gasteiger partial charge in [-0.3, -0.25) is 4.79 Å². The fourth-order valence-corrected chi connectivity index (χ4v) is 3.10. The highest BCUT2D eigenvalue weighted by Crippen LogP contribution is 2.31. The van der Waals surface area contributed by atoms with Gasteiger partial charge in [0.25, 0.3) is 0 Å². The van der Waals surface area contributed by atoms with E-state index in [2.05, 4.69) is 29.2 Å². The fraction of sp³-hybridized carbons (Fsp3) is 0.176. The molecule has 1 aromatic heterocycles. The van der Waals surface area contributed by atoms with Gasteiger partial charge in [0.2, 0.25) is 0 Å². The monoisotopic (exact) mass is 312 g/mol. The molecule has 2 atom stereocenters. The van der Waals surface area contributed by atoms with E-state index in [0.29, 0.717) is 0 Å². The highest BCUT2D eigenvalue weighted by atomic mass is 35.5. The third kappa shape index (κ3) is 2.07. The van der Waals surface area contributed by atoms with Gasteiger partial charge in [0.15, 0.2) is 5.38 Å². The summed E-state index contributed by atoms with van der Waals surface area (Å²) in [6, 6.07) is 14.1. The van der Waals surface area contributed by atoms with E-state index >= 15 is 0 Å². The van der Waals surface area contributed by atoms with E-state index in [1.165, 1.54) is 5.39 Å². The molecule has 110 valence electrons. The summed E-state index contributed by atoms with van der Waals surface area (Å²) in [5.74, 6) is 0.421. The molecule has 1 aliphatic rings. The zero-order valence-electron chi connectivity index (χ0n) is 11.6. The van der Waals surface area contributed by atoms with Crippen molar-refractivity contribution in [2.24, 2.45) is 0 Å². The van der Waals surface area contributed by atoms with Crippen LogP contribution in [0.5, 0.6) is 0 Å². The largest absolute Gasteiger partial charge is 0.462 e. The molecule has 0 amide bonds. The minimum atomic E-state index is -0.673. The third-order valence-corrected chi connectivity index (χ3v) is 4.46. The first-order chi connectivity index (χ1) is 10.7. The number of carbonyl (C=O) groups excluding carboxylic acids is 1. The Labute approximate surface area is 132 Å². The second-order valence-corrected chi connectivity index (χ2v) is 5.79. The third-order valence-electron chi connectivity index (χ3n) is 3.99. The summed E-state index contributed by atoms with van der Waals surface area (Å²) in [5, 5.41) is 1.66. The normalized spacial score (nSPS) is 21.2. The Hall–Kier alpha value is -2.33. The molecular formula is C17H13ClN2O2. The average Bonchev–Trinajstić information content (AvgIpc) is 3.15. The van der Waals surface area contributed by atoms with Gasteiger partial charge in [0.1, 0.15) is 12.4 Å². The van der Waals surface area contributed by atoms with Crippen molar-refractivity contribution in [1.82, 2.24) is 9.55 Å². The Morgan fingerprint density at radius 1 is 1.18 bits per heavy atom. The van der Waals surface area contributed by atoms with Gasteiger partial charge in [0.05, 0.1) is 6.04 Å². The summed E-state index contributed by atoms with van der Waals surface area (Å²) < 4.78 is 6.97. The summed E-state index contributed by atoms with van der Waals surface area (Å²) >= 11 is 6.15. The molecule has 5 heteroatoms. The van der Waals surface area contributed by atoms with Crippen molar-refractivity contribution >= 4 is 28.3 Å². The smallest absolute Gasteiger partial charge is 0.326 e. The summed E-state index contributed by atoms with van der Waals surface area (Å²) in [4.78, 5) is 15.9. The maximum Gasteiger partial charge on any atom is 0.326 e. The first-order valence-electron chi connectivity index (χ1n) is 7.07.